The van der Waals surface area contributed by atoms with Gasteiger partial charge in [-0.3, -0.25) is 4.79 Å². The van der Waals surface area contributed by atoms with E-state index in [-0.39, 0.29) is 11.8 Å². The lowest BCUT2D eigenvalue weighted by molar-refractivity contribution is -0.127. The predicted octanol–water partition coefficient (Wildman–Crippen LogP) is 1.49. The Balaban J connectivity index is 1.57. The third kappa shape index (κ3) is 4.06. The summed E-state index contributed by atoms with van der Waals surface area (Å²) in [7, 11) is -3.37. The van der Waals surface area contributed by atoms with Gasteiger partial charge in [-0.15, -0.1) is 0 Å². The predicted molar refractivity (Wildman–Crippen MR) is 89.0 cm³/mol. The molecule has 1 N–H and O–H groups in total. The first-order chi connectivity index (χ1) is 11.1. The average molecular weight is 343 g/mol. The number of carbonyl (C=O) groups excluding carboxylic acids is 1. The fourth-order valence-electron chi connectivity index (χ4n) is 4.01. The molecule has 2 saturated heterocycles. The third-order valence-corrected chi connectivity index (χ3v) is 7.43. The molecule has 0 aromatic heterocycles. The number of rotatable bonds is 4. The summed E-state index contributed by atoms with van der Waals surface area (Å²) in [5.41, 5.74) is 0. The van der Waals surface area contributed by atoms with Crippen LogP contribution in [0.4, 0.5) is 0 Å². The number of piperidine rings is 1. The second-order valence-electron chi connectivity index (χ2n) is 7.15. The molecule has 1 atom stereocenters. The van der Waals surface area contributed by atoms with Crippen molar-refractivity contribution in [2.45, 2.75) is 63.8 Å². The highest BCUT2D eigenvalue weighted by Crippen LogP contribution is 2.24. The molecule has 0 spiro atoms. The van der Waals surface area contributed by atoms with Gasteiger partial charge in [0, 0.05) is 32.2 Å². The average Bonchev–Trinajstić information content (AvgIpc) is 3.11. The molecular weight excluding hydrogens is 314 g/mol. The van der Waals surface area contributed by atoms with E-state index in [1.54, 1.807) is 4.31 Å². The lowest BCUT2D eigenvalue weighted by Gasteiger charge is -2.34. The number of nitrogens with one attached hydrogen (secondary N) is 1. The number of nitrogens with zero attached hydrogens (tertiary/aromatic N) is 2. The molecule has 132 valence electrons. The summed E-state index contributed by atoms with van der Waals surface area (Å²) in [5.74, 6) is -0.138. The monoisotopic (exact) mass is 343 g/mol. The highest BCUT2D eigenvalue weighted by atomic mass is 32.2. The Morgan fingerprint density at radius 1 is 0.826 bits per heavy atom. The van der Waals surface area contributed by atoms with Gasteiger partial charge >= 0.3 is 0 Å². The molecular formula is C16H29N3O3S. The summed E-state index contributed by atoms with van der Waals surface area (Å²) in [6.45, 7) is 2.14. The minimum absolute atomic E-state index is 0.0539. The van der Waals surface area contributed by atoms with Crippen LogP contribution in [0.1, 0.15) is 57.8 Å². The maximum absolute atomic E-state index is 12.7. The molecule has 2 aliphatic heterocycles. The van der Waals surface area contributed by atoms with Crippen LogP contribution in [-0.4, -0.2) is 55.2 Å². The molecule has 3 aliphatic rings. The van der Waals surface area contributed by atoms with Crippen LogP contribution in [-0.2, 0) is 15.0 Å². The maximum atomic E-state index is 12.7. The van der Waals surface area contributed by atoms with Gasteiger partial charge in [0.2, 0.25) is 5.91 Å². The Kier molecular flexibility index (Phi) is 5.59. The van der Waals surface area contributed by atoms with Crippen LogP contribution < -0.4 is 5.32 Å². The van der Waals surface area contributed by atoms with Crippen molar-refractivity contribution in [2.24, 2.45) is 5.92 Å². The molecule has 2 heterocycles. The Bertz CT molecular complexity index is 511. The first kappa shape index (κ1) is 17.2. The molecule has 1 saturated carbocycles. The van der Waals surface area contributed by atoms with Crippen LogP contribution in [0.3, 0.4) is 0 Å². The number of amides is 1. The van der Waals surface area contributed by atoms with Gasteiger partial charge in [-0.25, -0.2) is 0 Å². The van der Waals surface area contributed by atoms with Crippen molar-refractivity contribution in [3.63, 3.8) is 0 Å². The zero-order valence-corrected chi connectivity index (χ0v) is 14.7. The molecule has 0 aromatic rings. The summed E-state index contributed by atoms with van der Waals surface area (Å²) in [5, 5.41) is 3.16. The second-order valence-corrected chi connectivity index (χ2v) is 9.08. The Morgan fingerprint density at radius 3 is 2.17 bits per heavy atom. The molecule has 1 unspecified atom stereocenters. The molecule has 3 fully saturated rings. The highest BCUT2D eigenvalue weighted by Gasteiger charge is 2.37. The van der Waals surface area contributed by atoms with Crippen LogP contribution in [0, 0.1) is 5.92 Å². The molecule has 23 heavy (non-hydrogen) atoms. The number of hydrogen-bond acceptors (Lipinski definition) is 3. The van der Waals surface area contributed by atoms with E-state index in [1.807, 2.05) is 0 Å². The van der Waals surface area contributed by atoms with Gasteiger partial charge in [0.1, 0.15) is 0 Å². The van der Waals surface area contributed by atoms with Gasteiger partial charge in [-0.1, -0.05) is 19.3 Å². The lowest BCUT2D eigenvalue weighted by Crippen LogP contribution is -2.51. The van der Waals surface area contributed by atoms with Gasteiger partial charge in [-0.05, 0) is 38.5 Å². The summed E-state index contributed by atoms with van der Waals surface area (Å²) < 4.78 is 28.4. The highest BCUT2D eigenvalue weighted by molar-refractivity contribution is 7.86. The van der Waals surface area contributed by atoms with Crippen molar-refractivity contribution in [2.75, 3.05) is 26.2 Å². The van der Waals surface area contributed by atoms with E-state index >= 15 is 0 Å². The van der Waals surface area contributed by atoms with E-state index < -0.39 is 10.2 Å². The van der Waals surface area contributed by atoms with Crippen molar-refractivity contribution in [3.8, 4) is 0 Å². The molecule has 3 rings (SSSR count). The van der Waals surface area contributed by atoms with E-state index in [4.69, 9.17) is 0 Å². The van der Waals surface area contributed by atoms with Gasteiger partial charge in [0.25, 0.3) is 10.2 Å². The van der Waals surface area contributed by atoms with Crippen molar-refractivity contribution < 1.29 is 13.2 Å². The number of carbonyl (C=O) groups is 1. The molecule has 0 radical (unpaired) electrons. The lowest BCUT2D eigenvalue weighted by atomic mass is 9.93. The second kappa shape index (κ2) is 7.49. The minimum Gasteiger partial charge on any atom is -0.353 e. The molecule has 1 amide bonds. The van der Waals surface area contributed by atoms with Gasteiger partial charge in [-0.2, -0.15) is 17.0 Å². The molecule has 7 heteroatoms. The Morgan fingerprint density at radius 2 is 1.48 bits per heavy atom. The SMILES string of the molecule is O=C(NC1CCCCC1)C1CCCN(S(=O)(=O)N2CCCC2)C1. The van der Waals surface area contributed by atoms with E-state index in [2.05, 4.69) is 5.32 Å². The van der Waals surface area contributed by atoms with Crippen LogP contribution >= 0.6 is 0 Å². The van der Waals surface area contributed by atoms with Crippen LogP contribution in [0.5, 0.6) is 0 Å². The molecule has 6 nitrogen and oxygen atoms in total. The van der Waals surface area contributed by atoms with Crippen molar-refractivity contribution in [3.05, 3.63) is 0 Å². The van der Waals surface area contributed by atoms with Gasteiger partial charge in [0.15, 0.2) is 0 Å². The van der Waals surface area contributed by atoms with E-state index in [9.17, 15) is 13.2 Å². The van der Waals surface area contributed by atoms with Crippen molar-refractivity contribution >= 4 is 16.1 Å². The van der Waals surface area contributed by atoms with Crippen LogP contribution in [0.2, 0.25) is 0 Å². The van der Waals surface area contributed by atoms with Crippen molar-refractivity contribution in [1.29, 1.82) is 0 Å². The Hall–Kier alpha value is -0.660. The smallest absolute Gasteiger partial charge is 0.281 e. The molecule has 1 aliphatic carbocycles. The molecule has 0 bridgehead atoms. The van der Waals surface area contributed by atoms with Gasteiger partial charge < -0.3 is 5.32 Å². The fraction of sp³-hybridized carbons (Fsp3) is 0.938. The molecule has 0 aromatic carbocycles. The van der Waals surface area contributed by atoms with E-state index in [0.29, 0.717) is 32.2 Å². The van der Waals surface area contributed by atoms with Crippen LogP contribution in [0.25, 0.3) is 0 Å². The topological polar surface area (TPSA) is 69.7 Å². The van der Waals surface area contributed by atoms with Crippen molar-refractivity contribution in [1.82, 2.24) is 13.9 Å². The maximum Gasteiger partial charge on any atom is 0.281 e. The fourth-order valence-corrected chi connectivity index (χ4v) is 5.79. The minimum atomic E-state index is -3.37. The summed E-state index contributed by atoms with van der Waals surface area (Å²) in [6.07, 6.45) is 9.22. The van der Waals surface area contributed by atoms with E-state index in [0.717, 1.165) is 38.5 Å². The summed E-state index contributed by atoms with van der Waals surface area (Å²) in [4.78, 5) is 12.5. The zero-order valence-electron chi connectivity index (χ0n) is 13.9. The Labute approximate surface area is 139 Å². The number of hydrogen-bond donors (Lipinski definition) is 1. The van der Waals surface area contributed by atoms with Crippen LogP contribution in [0.15, 0.2) is 0 Å². The first-order valence-electron chi connectivity index (χ1n) is 9.13. The van der Waals surface area contributed by atoms with E-state index in [1.165, 1.54) is 23.6 Å². The summed E-state index contributed by atoms with van der Waals surface area (Å²) in [6, 6.07) is 0.293. The third-order valence-electron chi connectivity index (χ3n) is 5.42. The first-order valence-corrected chi connectivity index (χ1v) is 10.5. The zero-order chi connectivity index (χ0) is 16.3. The summed E-state index contributed by atoms with van der Waals surface area (Å²) >= 11 is 0. The standard InChI is InChI=1S/C16H29N3O3S/c20-16(17-15-8-2-1-3-9-15)14-7-6-12-19(13-14)23(21,22)18-10-4-5-11-18/h14-15H,1-13H2,(H,17,20). The quantitative estimate of drug-likeness (QED) is 0.841. The normalized spacial score (nSPS) is 28.8. The van der Waals surface area contributed by atoms with Gasteiger partial charge in [0.05, 0.1) is 5.92 Å². The largest absolute Gasteiger partial charge is 0.353 e.